The third-order valence-electron chi connectivity index (χ3n) is 4.01. The Bertz CT molecular complexity index is 721. The van der Waals surface area contributed by atoms with Crippen LogP contribution in [0.5, 0.6) is 11.5 Å². The summed E-state index contributed by atoms with van der Waals surface area (Å²) in [5.74, 6) is 0.708. The quantitative estimate of drug-likeness (QED) is 0.437. The average Bonchev–Trinajstić information content (AvgIpc) is 2.70. The maximum atomic E-state index is 12.8. The second-order valence-corrected chi connectivity index (χ2v) is 6.25. The summed E-state index contributed by atoms with van der Waals surface area (Å²) in [6.07, 6.45) is 0.788. The fourth-order valence-corrected chi connectivity index (χ4v) is 2.58. The van der Waals surface area contributed by atoms with Gasteiger partial charge in [0.2, 0.25) is 0 Å². The lowest BCUT2D eigenvalue weighted by Gasteiger charge is -2.16. The van der Waals surface area contributed by atoms with Gasteiger partial charge in [-0.25, -0.2) is 9.18 Å². The van der Waals surface area contributed by atoms with E-state index < -0.39 is 6.10 Å². The fourth-order valence-electron chi connectivity index (χ4n) is 2.58. The minimum Gasteiger partial charge on any atom is -0.494 e. The van der Waals surface area contributed by atoms with Crippen molar-refractivity contribution in [2.75, 3.05) is 19.8 Å². The van der Waals surface area contributed by atoms with Gasteiger partial charge in [-0.3, -0.25) is 0 Å². The third-order valence-corrected chi connectivity index (χ3v) is 4.01. The number of ether oxygens (including phenoxy) is 3. The van der Waals surface area contributed by atoms with Crippen LogP contribution in [0.15, 0.2) is 48.5 Å². The summed E-state index contributed by atoms with van der Waals surface area (Å²) in [6.45, 7) is 6.03. The van der Waals surface area contributed by atoms with Crippen LogP contribution in [0.2, 0.25) is 0 Å². The number of hydrogen-bond acceptors (Lipinski definition) is 5. The van der Waals surface area contributed by atoms with Crippen molar-refractivity contribution in [1.82, 2.24) is 5.32 Å². The molecule has 0 aromatic heterocycles. The monoisotopic (exact) mass is 389 g/mol. The molecule has 0 aliphatic rings. The number of nitrogens with one attached hydrogen (secondary N) is 1. The second-order valence-electron chi connectivity index (χ2n) is 6.25. The molecule has 1 atom stereocenters. The molecule has 1 N–H and O–H groups in total. The summed E-state index contributed by atoms with van der Waals surface area (Å²) >= 11 is 0. The van der Waals surface area contributed by atoms with Gasteiger partial charge in [0.25, 0.3) is 0 Å². The molecule has 5 nitrogen and oxygen atoms in total. The molecule has 6 heteroatoms. The number of carbonyl (C=O) groups is 1. The zero-order valence-electron chi connectivity index (χ0n) is 16.4. The lowest BCUT2D eigenvalue weighted by molar-refractivity contribution is -0.151. The summed E-state index contributed by atoms with van der Waals surface area (Å²) in [6, 6.07) is 13.7. The predicted octanol–water partition coefficient (Wildman–Crippen LogP) is 4.10. The minimum atomic E-state index is -0.591. The van der Waals surface area contributed by atoms with E-state index >= 15 is 0 Å². The van der Waals surface area contributed by atoms with Crippen molar-refractivity contribution in [3.63, 3.8) is 0 Å². The molecule has 0 saturated carbocycles. The van der Waals surface area contributed by atoms with Crippen molar-refractivity contribution >= 4 is 5.97 Å². The van der Waals surface area contributed by atoms with Gasteiger partial charge in [-0.2, -0.15) is 0 Å². The van der Waals surface area contributed by atoms with Crippen LogP contribution >= 0.6 is 0 Å². The van der Waals surface area contributed by atoms with E-state index in [4.69, 9.17) is 14.2 Å². The molecule has 152 valence electrons. The van der Waals surface area contributed by atoms with Crippen LogP contribution in [-0.4, -0.2) is 31.8 Å². The van der Waals surface area contributed by atoms with Gasteiger partial charge in [0.15, 0.2) is 6.10 Å². The average molecular weight is 389 g/mol. The van der Waals surface area contributed by atoms with E-state index in [0.29, 0.717) is 37.7 Å². The van der Waals surface area contributed by atoms with Crippen molar-refractivity contribution in [3.05, 3.63) is 59.9 Å². The maximum Gasteiger partial charge on any atom is 0.347 e. The number of halogens is 1. The zero-order valence-corrected chi connectivity index (χ0v) is 16.4. The summed E-state index contributed by atoms with van der Waals surface area (Å²) in [7, 11) is 0. The van der Waals surface area contributed by atoms with Crippen molar-refractivity contribution in [3.8, 4) is 11.5 Å². The normalized spacial score (nSPS) is 11.7. The highest BCUT2D eigenvalue weighted by molar-refractivity contribution is 5.75. The highest BCUT2D eigenvalue weighted by atomic mass is 19.1. The number of benzene rings is 2. The minimum absolute atomic E-state index is 0.271. The molecule has 0 aliphatic heterocycles. The molecule has 2 rings (SSSR count). The summed E-state index contributed by atoms with van der Waals surface area (Å²) in [5, 5.41) is 3.35. The molecule has 0 radical (unpaired) electrons. The molecule has 0 fully saturated rings. The molecule has 0 aliphatic carbocycles. The summed E-state index contributed by atoms with van der Waals surface area (Å²) in [5.41, 5.74) is 1.07. The molecule has 28 heavy (non-hydrogen) atoms. The number of esters is 1. The smallest absolute Gasteiger partial charge is 0.347 e. The number of hydrogen-bond donors (Lipinski definition) is 1. The van der Waals surface area contributed by atoms with E-state index in [1.165, 1.54) is 12.1 Å². The van der Waals surface area contributed by atoms with Gasteiger partial charge in [0.05, 0.1) is 13.2 Å². The molecule has 0 saturated heterocycles. The van der Waals surface area contributed by atoms with Gasteiger partial charge >= 0.3 is 5.97 Å². The van der Waals surface area contributed by atoms with E-state index in [1.54, 1.807) is 19.1 Å². The van der Waals surface area contributed by atoms with Crippen molar-refractivity contribution in [2.45, 2.75) is 39.3 Å². The predicted molar refractivity (Wildman–Crippen MR) is 106 cm³/mol. The van der Waals surface area contributed by atoms with Gasteiger partial charge < -0.3 is 19.5 Å². The molecular formula is C22H28FNO4. The molecule has 1 unspecified atom stereocenters. The van der Waals surface area contributed by atoms with Crippen LogP contribution in [0.1, 0.15) is 32.3 Å². The molecule has 0 amide bonds. The molecule has 2 aromatic rings. The largest absolute Gasteiger partial charge is 0.494 e. The standard InChI is InChI=1S/C22H28FNO4/c1-3-21(22(25)26-4-2)28-20-8-5-7-17(15-20)16-24-13-6-14-27-19-11-9-18(23)10-12-19/h5,7-12,15,21,24H,3-4,6,13-14,16H2,1-2H3. The first kappa shape index (κ1) is 21.7. The van der Waals surface area contributed by atoms with Gasteiger partial charge in [0, 0.05) is 6.54 Å². The van der Waals surface area contributed by atoms with Gasteiger partial charge in [0.1, 0.15) is 17.3 Å². The Balaban J connectivity index is 1.70. The Hall–Kier alpha value is -2.60. The van der Waals surface area contributed by atoms with Crippen LogP contribution in [0.3, 0.4) is 0 Å². The van der Waals surface area contributed by atoms with E-state index in [0.717, 1.165) is 18.5 Å². The Kier molecular flexibility index (Phi) is 9.28. The second kappa shape index (κ2) is 12.0. The third kappa shape index (κ3) is 7.56. The lowest BCUT2D eigenvalue weighted by Crippen LogP contribution is -2.28. The van der Waals surface area contributed by atoms with Gasteiger partial charge in [-0.15, -0.1) is 0 Å². The van der Waals surface area contributed by atoms with E-state index in [2.05, 4.69) is 5.32 Å². The Morgan fingerprint density at radius 1 is 1.11 bits per heavy atom. The summed E-state index contributed by atoms with van der Waals surface area (Å²) < 4.78 is 29.2. The first-order valence-corrected chi connectivity index (χ1v) is 9.63. The first-order valence-electron chi connectivity index (χ1n) is 9.63. The van der Waals surface area contributed by atoms with Crippen molar-refractivity contribution in [1.29, 1.82) is 0 Å². The highest BCUT2D eigenvalue weighted by Gasteiger charge is 2.19. The van der Waals surface area contributed by atoms with Gasteiger partial charge in [-0.05, 0) is 68.3 Å². The molecule has 2 aromatic carbocycles. The van der Waals surface area contributed by atoms with Crippen LogP contribution in [0.4, 0.5) is 4.39 Å². The van der Waals surface area contributed by atoms with E-state index in [1.807, 2.05) is 31.2 Å². The van der Waals surface area contributed by atoms with Crippen LogP contribution < -0.4 is 14.8 Å². The number of rotatable bonds is 12. The maximum absolute atomic E-state index is 12.8. The summed E-state index contributed by atoms with van der Waals surface area (Å²) in [4.78, 5) is 11.9. The van der Waals surface area contributed by atoms with E-state index in [-0.39, 0.29) is 11.8 Å². The fraction of sp³-hybridized carbons (Fsp3) is 0.409. The Labute approximate surface area is 165 Å². The van der Waals surface area contributed by atoms with Crippen LogP contribution in [0, 0.1) is 5.82 Å². The molecule has 0 heterocycles. The van der Waals surface area contributed by atoms with Crippen molar-refractivity contribution in [2.24, 2.45) is 0 Å². The Morgan fingerprint density at radius 2 is 1.89 bits per heavy atom. The van der Waals surface area contributed by atoms with Crippen molar-refractivity contribution < 1.29 is 23.4 Å². The SMILES string of the molecule is CCOC(=O)C(CC)Oc1cccc(CNCCCOc2ccc(F)cc2)c1. The zero-order chi connectivity index (χ0) is 20.2. The molecular weight excluding hydrogens is 361 g/mol. The topological polar surface area (TPSA) is 56.8 Å². The van der Waals surface area contributed by atoms with Crippen LogP contribution in [-0.2, 0) is 16.1 Å². The van der Waals surface area contributed by atoms with Gasteiger partial charge in [-0.1, -0.05) is 19.1 Å². The Morgan fingerprint density at radius 3 is 2.61 bits per heavy atom. The first-order chi connectivity index (χ1) is 13.6. The molecule has 0 spiro atoms. The van der Waals surface area contributed by atoms with Crippen LogP contribution in [0.25, 0.3) is 0 Å². The lowest BCUT2D eigenvalue weighted by atomic mass is 10.2. The van der Waals surface area contributed by atoms with E-state index in [9.17, 15) is 9.18 Å². The molecule has 0 bridgehead atoms. The number of carbonyl (C=O) groups excluding carboxylic acids is 1. The highest BCUT2D eigenvalue weighted by Crippen LogP contribution is 2.17.